The highest BCUT2D eigenvalue weighted by Gasteiger charge is 2.18. The van der Waals surface area contributed by atoms with Crippen molar-refractivity contribution in [2.75, 3.05) is 6.54 Å². The molecule has 0 rings (SSSR count). The van der Waals surface area contributed by atoms with E-state index in [1.54, 1.807) is 0 Å². The number of carboxylic acid groups (broad SMARTS) is 2. The van der Waals surface area contributed by atoms with E-state index < -0.39 is 18.0 Å². The predicted molar refractivity (Wildman–Crippen MR) is 55.8 cm³/mol. The first-order chi connectivity index (χ1) is 6.97. The Morgan fingerprint density at radius 3 is 2.33 bits per heavy atom. The van der Waals surface area contributed by atoms with Gasteiger partial charge in [0.2, 0.25) is 0 Å². The summed E-state index contributed by atoms with van der Waals surface area (Å²) < 4.78 is 0. The summed E-state index contributed by atoms with van der Waals surface area (Å²) >= 11 is 0. The van der Waals surface area contributed by atoms with Crippen molar-refractivity contribution < 1.29 is 19.8 Å². The van der Waals surface area contributed by atoms with E-state index in [2.05, 4.69) is 5.32 Å². The fourth-order valence-corrected chi connectivity index (χ4v) is 1.07. The van der Waals surface area contributed by atoms with Crippen molar-refractivity contribution >= 4 is 11.9 Å². The molecule has 15 heavy (non-hydrogen) atoms. The summed E-state index contributed by atoms with van der Waals surface area (Å²) in [6, 6.07) is -0.755. The SMILES string of the molecule is CCC(C)CN[C@@H](CCC(=O)O)C(=O)O. The number of aliphatic carboxylic acids is 2. The first-order valence-corrected chi connectivity index (χ1v) is 5.15. The van der Waals surface area contributed by atoms with Gasteiger partial charge in [-0.05, 0) is 18.9 Å². The smallest absolute Gasteiger partial charge is 0.320 e. The third-order valence-corrected chi connectivity index (χ3v) is 2.35. The van der Waals surface area contributed by atoms with Gasteiger partial charge >= 0.3 is 11.9 Å². The lowest BCUT2D eigenvalue weighted by Gasteiger charge is -2.16. The molecule has 5 heteroatoms. The standard InChI is InChI=1S/C10H19NO4/c1-3-7(2)6-11-8(10(14)15)4-5-9(12)13/h7-8,11H,3-6H2,1-2H3,(H,12,13)(H,14,15)/t7?,8-/m0/s1. The molecule has 3 N–H and O–H groups in total. The summed E-state index contributed by atoms with van der Waals surface area (Å²) in [5.74, 6) is -1.55. The van der Waals surface area contributed by atoms with E-state index in [0.717, 1.165) is 6.42 Å². The Bertz CT molecular complexity index is 217. The monoisotopic (exact) mass is 217 g/mol. The molecular formula is C10H19NO4. The van der Waals surface area contributed by atoms with Crippen LogP contribution < -0.4 is 5.32 Å². The second-order valence-corrected chi connectivity index (χ2v) is 3.74. The molecule has 0 aromatic heterocycles. The van der Waals surface area contributed by atoms with Gasteiger partial charge in [0.05, 0.1) is 0 Å². The molecule has 0 aliphatic rings. The molecule has 0 aromatic rings. The summed E-state index contributed by atoms with van der Waals surface area (Å²) in [6.45, 7) is 4.65. The van der Waals surface area contributed by atoms with Gasteiger partial charge in [0.1, 0.15) is 6.04 Å². The zero-order valence-corrected chi connectivity index (χ0v) is 9.19. The number of rotatable bonds is 8. The summed E-state index contributed by atoms with van der Waals surface area (Å²) in [7, 11) is 0. The molecule has 0 fully saturated rings. The van der Waals surface area contributed by atoms with E-state index in [1.165, 1.54) is 0 Å². The van der Waals surface area contributed by atoms with Crippen molar-refractivity contribution in [1.82, 2.24) is 5.32 Å². The first kappa shape index (κ1) is 13.9. The maximum absolute atomic E-state index is 10.8. The third kappa shape index (κ3) is 6.90. The van der Waals surface area contributed by atoms with Crippen LogP contribution in [0, 0.1) is 5.92 Å². The summed E-state index contributed by atoms with van der Waals surface area (Å²) in [6.07, 6.45) is 0.976. The summed E-state index contributed by atoms with van der Waals surface area (Å²) in [5, 5.41) is 20.1. The predicted octanol–water partition coefficient (Wildman–Crippen LogP) is 0.940. The molecule has 1 unspecified atom stereocenters. The second-order valence-electron chi connectivity index (χ2n) is 3.74. The van der Waals surface area contributed by atoms with Gasteiger partial charge in [-0.2, -0.15) is 0 Å². The van der Waals surface area contributed by atoms with Crippen molar-refractivity contribution in [3.05, 3.63) is 0 Å². The molecule has 0 radical (unpaired) electrons. The fourth-order valence-electron chi connectivity index (χ4n) is 1.07. The Labute approximate surface area is 89.5 Å². The number of carboxylic acids is 2. The molecule has 0 bridgehead atoms. The Balaban J connectivity index is 3.94. The van der Waals surface area contributed by atoms with Crippen LogP contribution in [-0.4, -0.2) is 34.7 Å². The van der Waals surface area contributed by atoms with Gasteiger partial charge in [0.25, 0.3) is 0 Å². The maximum atomic E-state index is 10.8. The highest BCUT2D eigenvalue weighted by Crippen LogP contribution is 2.02. The van der Waals surface area contributed by atoms with Gasteiger partial charge in [-0.25, -0.2) is 0 Å². The summed E-state index contributed by atoms with van der Waals surface area (Å²) in [5.41, 5.74) is 0. The maximum Gasteiger partial charge on any atom is 0.320 e. The van der Waals surface area contributed by atoms with Gasteiger partial charge < -0.3 is 15.5 Å². The highest BCUT2D eigenvalue weighted by atomic mass is 16.4. The molecule has 2 atom stereocenters. The van der Waals surface area contributed by atoms with Crippen LogP contribution in [0.5, 0.6) is 0 Å². The largest absolute Gasteiger partial charge is 0.481 e. The Hall–Kier alpha value is -1.10. The fraction of sp³-hybridized carbons (Fsp3) is 0.800. The second kappa shape index (κ2) is 7.23. The molecule has 0 aliphatic heterocycles. The van der Waals surface area contributed by atoms with Crippen LogP contribution in [-0.2, 0) is 9.59 Å². The van der Waals surface area contributed by atoms with E-state index in [-0.39, 0.29) is 12.8 Å². The zero-order valence-electron chi connectivity index (χ0n) is 9.19. The van der Waals surface area contributed by atoms with Gasteiger partial charge in [0.15, 0.2) is 0 Å². The molecule has 0 aliphatic carbocycles. The van der Waals surface area contributed by atoms with Crippen LogP contribution in [0.15, 0.2) is 0 Å². The average Bonchev–Trinajstić information content (AvgIpc) is 2.16. The van der Waals surface area contributed by atoms with E-state index in [0.29, 0.717) is 12.5 Å². The molecule has 0 spiro atoms. The van der Waals surface area contributed by atoms with Crippen LogP contribution in [0.1, 0.15) is 33.1 Å². The van der Waals surface area contributed by atoms with Crippen LogP contribution in [0.3, 0.4) is 0 Å². The van der Waals surface area contributed by atoms with E-state index in [4.69, 9.17) is 10.2 Å². The van der Waals surface area contributed by atoms with Crippen LogP contribution in [0.25, 0.3) is 0 Å². The Morgan fingerprint density at radius 1 is 1.33 bits per heavy atom. The molecule has 0 amide bonds. The number of carbonyl (C=O) groups is 2. The third-order valence-electron chi connectivity index (χ3n) is 2.35. The first-order valence-electron chi connectivity index (χ1n) is 5.15. The Kier molecular flexibility index (Phi) is 6.70. The minimum atomic E-state index is -0.987. The number of hydrogen-bond acceptors (Lipinski definition) is 3. The van der Waals surface area contributed by atoms with Crippen LogP contribution in [0.4, 0.5) is 0 Å². The molecule has 5 nitrogen and oxygen atoms in total. The zero-order chi connectivity index (χ0) is 11.8. The van der Waals surface area contributed by atoms with E-state index >= 15 is 0 Å². The molecule has 88 valence electrons. The highest BCUT2D eigenvalue weighted by molar-refractivity contribution is 5.75. The van der Waals surface area contributed by atoms with Crippen LogP contribution >= 0.6 is 0 Å². The normalized spacial score (nSPS) is 14.5. The van der Waals surface area contributed by atoms with Gasteiger partial charge in [-0.3, -0.25) is 9.59 Å². The molecule has 0 saturated carbocycles. The summed E-state index contributed by atoms with van der Waals surface area (Å²) in [4.78, 5) is 21.1. The minimum Gasteiger partial charge on any atom is -0.481 e. The van der Waals surface area contributed by atoms with Gasteiger partial charge in [-0.15, -0.1) is 0 Å². The molecular weight excluding hydrogens is 198 g/mol. The van der Waals surface area contributed by atoms with E-state index in [1.807, 2.05) is 13.8 Å². The van der Waals surface area contributed by atoms with Crippen molar-refractivity contribution in [2.24, 2.45) is 5.92 Å². The van der Waals surface area contributed by atoms with Crippen molar-refractivity contribution in [1.29, 1.82) is 0 Å². The van der Waals surface area contributed by atoms with Gasteiger partial charge in [0, 0.05) is 6.42 Å². The molecule has 0 aromatic carbocycles. The van der Waals surface area contributed by atoms with Crippen molar-refractivity contribution in [2.45, 2.75) is 39.2 Å². The quantitative estimate of drug-likeness (QED) is 0.563. The topological polar surface area (TPSA) is 86.6 Å². The van der Waals surface area contributed by atoms with Gasteiger partial charge in [-0.1, -0.05) is 20.3 Å². The lowest BCUT2D eigenvalue weighted by atomic mass is 10.1. The molecule has 0 saturated heterocycles. The Morgan fingerprint density at radius 2 is 1.93 bits per heavy atom. The lowest BCUT2D eigenvalue weighted by molar-refractivity contribution is -0.140. The van der Waals surface area contributed by atoms with Crippen molar-refractivity contribution in [3.63, 3.8) is 0 Å². The minimum absolute atomic E-state index is 0.121. The van der Waals surface area contributed by atoms with Crippen molar-refractivity contribution in [3.8, 4) is 0 Å². The van der Waals surface area contributed by atoms with E-state index in [9.17, 15) is 9.59 Å². The van der Waals surface area contributed by atoms with Crippen LogP contribution in [0.2, 0.25) is 0 Å². The number of hydrogen-bond donors (Lipinski definition) is 3. The molecule has 0 heterocycles. The average molecular weight is 217 g/mol. The number of nitrogens with one attached hydrogen (secondary N) is 1. The lowest BCUT2D eigenvalue weighted by Crippen LogP contribution is -2.39.